The quantitative estimate of drug-likeness (QED) is 0.757. The first-order chi connectivity index (χ1) is 10.7. The van der Waals surface area contributed by atoms with Crippen molar-refractivity contribution < 1.29 is 5.11 Å². The molecule has 3 rings (SSSR count). The molecule has 1 saturated carbocycles. The highest BCUT2D eigenvalue weighted by atomic mass is 35.5. The predicted octanol–water partition coefficient (Wildman–Crippen LogP) is 3.23. The molecule has 1 aliphatic heterocycles. The van der Waals surface area contributed by atoms with Gasteiger partial charge in [-0.2, -0.15) is 0 Å². The Morgan fingerprint density at radius 1 is 1.14 bits per heavy atom. The van der Waals surface area contributed by atoms with Crippen molar-refractivity contribution in [2.75, 3.05) is 26.2 Å². The van der Waals surface area contributed by atoms with Crippen LogP contribution in [0.25, 0.3) is 0 Å². The molecule has 2 aliphatic rings. The second-order valence-corrected chi connectivity index (χ2v) is 7.18. The van der Waals surface area contributed by atoms with E-state index < -0.39 is 0 Å². The summed E-state index contributed by atoms with van der Waals surface area (Å²) in [6.07, 6.45) is 5.64. The minimum Gasteiger partial charge on any atom is -0.393 e. The Kier molecular flexibility index (Phi) is 5.75. The Balaban J connectivity index is 1.41. The van der Waals surface area contributed by atoms with Crippen molar-refractivity contribution in [3.8, 4) is 0 Å². The van der Waals surface area contributed by atoms with Gasteiger partial charge >= 0.3 is 0 Å². The Bertz CT molecular complexity index is 453. The zero-order chi connectivity index (χ0) is 15.4. The summed E-state index contributed by atoms with van der Waals surface area (Å²) in [6, 6.07) is 8.79. The number of hydrogen-bond donors (Lipinski definition) is 2. The average molecular weight is 323 g/mol. The normalized spacial score (nSPS) is 21.9. The van der Waals surface area contributed by atoms with Gasteiger partial charge in [0.2, 0.25) is 0 Å². The van der Waals surface area contributed by atoms with Crippen LogP contribution in [-0.4, -0.2) is 42.3 Å². The lowest BCUT2D eigenvalue weighted by molar-refractivity contribution is 0.0820. The molecule has 0 spiro atoms. The zero-order valence-corrected chi connectivity index (χ0v) is 13.9. The second-order valence-electron chi connectivity index (χ2n) is 6.75. The number of piperidine rings is 1. The van der Waals surface area contributed by atoms with Crippen molar-refractivity contribution in [1.82, 2.24) is 10.2 Å². The Morgan fingerprint density at radius 3 is 2.45 bits per heavy atom. The Labute approximate surface area is 138 Å². The molecule has 1 atom stereocenters. The molecule has 0 amide bonds. The maximum atomic E-state index is 9.54. The Hall–Kier alpha value is -0.610. The molecule has 4 heteroatoms. The molecule has 1 aliphatic carbocycles. The van der Waals surface area contributed by atoms with Gasteiger partial charge in [-0.25, -0.2) is 0 Å². The fourth-order valence-corrected chi connectivity index (χ4v) is 3.49. The minimum absolute atomic E-state index is 0.0708. The lowest BCUT2D eigenvalue weighted by Gasteiger charge is -2.29. The van der Waals surface area contributed by atoms with Crippen LogP contribution >= 0.6 is 11.6 Å². The number of nitrogens with one attached hydrogen (secondary N) is 1. The molecule has 22 heavy (non-hydrogen) atoms. The Morgan fingerprint density at radius 2 is 1.82 bits per heavy atom. The molecule has 1 saturated heterocycles. The first kappa shape index (κ1) is 16.3. The highest BCUT2D eigenvalue weighted by Crippen LogP contribution is 2.41. The zero-order valence-electron chi connectivity index (χ0n) is 13.2. The van der Waals surface area contributed by atoms with Gasteiger partial charge in [0.15, 0.2) is 0 Å². The summed E-state index contributed by atoms with van der Waals surface area (Å²) in [4.78, 5) is 2.48. The largest absolute Gasteiger partial charge is 0.393 e. The van der Waals surface area contributed by atoms with E-state index in [0.29, 0.717) is 6.04 Å². The first-order valence-corrected chi connectivity index (χ1v) is 8.99. The standard InChI is InChI=1S/C18H27ClN2O/c19-16-6-4-15(5-7-16)18(14-2-3-14)20-10-1-11-21-12-8-17(22)9-13-21/h4-7,14,17-18,20,22H,1-3,8-13H2/t18-/m0/s1. The van der Waals surface area contributed by atoms with Crippen molar-refractivity contribution in [2.24, 2.45) is 5.92 Å². The number of likely N-dealkylation sites (tertiary alicyclic amines) is 1. The third-order valence-electron chi connectivity index (χ3n) is 4.90. The van der Waals surface area contributed by atoms with Gasteiger partial charge in [0.1, 0.15) is 0 Å². The van der Waals surface area contributed by atoms with Crippen LogP contribution in [0.4, 0.5) is 0 Å². The van der Waals surface area contributed by atoms with Gasteiger partial charge in [-0.3, -0.25) is 0 Å². The molecule has 0 unspecified atom stereocenters. The van der Waals surface area contributed by atoms with E-state index >= 15 is 0 Å². The van der Waals surface area contributed by atoms with Gasteiger partial charge in [0, 0.05) is 24.2 Å². The van der Waals surface area contributed by atoms with Gasteiger partial charge in [0.25, 0.3) is 0 Å². The van der Waals surface area contributed by atoms with Crippen LogP contribution in [0, 0.1) is 5.92 Å². The van der Waals surface area contributed by atoms with E-state index in [1.807, 2.05) is 12.1 Å². The predicted molar refractivity (Wildman–Crippen MR) is 91.2 cm³/mol. The third-order valence-corrected chi connectivity index (χ3v) is 5.15. The number of aliphatic hydroxyl groups excluding tert-OH is 1. The van der Waals surface area contributed by atoms with Crippen molar-refractivity contribution in [1.29, 1.82) is 0 Å². The molecule has 0 radical (unpaired) electrons. The molecular weight excluding hydrogens is 296 g/mol. The molecule has 2 N–H and O–H groups in total. The van der Waals surface area contributed by atoms with E-state index in [-0.39, 0.29) is 6.10 Å². The average Bonchev–Trinajstić information content (AvgIpc) is 3.35. The van der Waals surface area contributed by atoms with Crippen LogP contribution in [0.2, 0.25) is 5.02 Å². The SMILES string of the molecule is OC1CCN(CCCN[C@H](c2ccc(Cl)cc2)C2CC2)CC1. The van der Waals surface area contributed by atoms with E-state index in [4.69, 9.17) is 11.6 Å². The smallest absolute Gasteiger partial charge is 0.0564 e. The summed E-state index contributed by atoms with van der Waals surface area (Å²) in [6.45, 7) is 4.29. The number of aliphatic hydroxyl groups is 1. The van der Waals surface area contributed by atoms with Crippen LogP contribution in [0.5, 0.6) is 0 Å². The summed E-state index contributed by atoms with van der Waals surface area (Å²) in [5, 5.41) is 14.1. The maximum absolute atomic E-state index is 9.54. The minimum atomic E-state index is -0.0708. The molecule has 1 aromatic carbocycles. The van der Waals surface area contributed by atoms with Crippen LogP contribution in [0.1, 0.15) is 43.7 Å². The molecule has 3 nitrogen and oxygen atoms in total. The van der Waals surface area contributed by atoms with Gasteiger partial charge in [-0.05, 0) is 68.8 Å². The van der Waals surface area contributed by atoms with Gasteiger partial charge < -0.3 is 15.3 Å². The van der Waals surface area contributed by atoms with Crippen LogP contribution in [-0.2, 0) is 0 Å². The number of hydrogen-bond acceptors (Lipinski definition) is 3. The highest BCUT2D eigenvalue weighted by Gasteiger charge is 2.31. The summed E-state index contributed by atoms with van der Waals surface area (Å²) >= 11 is 5.99. The summed E-state index contributed by atoms with van der Waals surface area (Å²) in [5.41, 5.74) is 1.37. The van der Waals surface area contributed by atoms with E-state index in [2.05, 4.69) is 22.3 Å². The van der Waals surface area contributed by atoms with Gasteiger partial charge in [-0.15, -0.1) is 0 Å². The summed E-state index contributed by atoms with van der Waals surface area (Å²) in [7, 11) is 0. The molecule has 2 fully saturated rings. The lowest BCUT2D eigenvalue weighted by Crippen LogP contribution is -2.37. The number of benzene rings is 1. The molecule has 0 aromatic heterocycles. The topological polar surface area (TPSA) is 35.5 Å². The van der Waals surface area contributed by atoms with Crippen LogP contribution in [0.3, 0.4) is 0 Å². The molecule has 122 valence electrons. The third kappa shape index (κ3) is 4.69. The summed E-state index contributed by atoms with van der Waals surface area (Å²) < 4.78 is 0. The molecular formula is C18H27ClN2O. The molecule has 1 heterocycles. The first-order valence-electron chi connectivity index (χ1n) is 8.61. The second kappa shape index (κ2) is 7.78. The number of rotatable bonds is 7. The van der Waals surface area contributed by atoms with Gasteiger partial charge in [0.05, 0.1) is 6.10 Å². The summed E-state index contributed by atoms with van der Waals surface area (Å²) in [5.74, 6) is 0.798. The fourth-order valence-electron chi connectivity index (χ4n) is 3.36. The van der Waals surface area contributed by atoms with Gasteiger partial charge in [-0.1, -0.05) is 23.7 Å². The van der Waals surface area contributed by atoms with Crippen molar-refractivity contribution in [3.63, 3.8) is 0 Å². The van der Waals surface area contributed by atoms with Crippen LogP contribution in [0.15, 0.2) is 24.3 Å². The molecule has 1 aromatic rings. The van der Waals surface area contributed by atoms with E-state index in [1.165, 1.54) is 24.8 Å². The maximum Gasteiger partial charge on any atom is 0.0564 e. The van der Waals surface area contributed by atoms with E-state index in [1.54, 1.807) is 0 Å². The number of halogens is 1. The molecule has 0 bridgehead atoms. The van der Waals surface area contributed by atoms with Crippen LogP contribution < -0.4 is 5.32 Å². The van der Waals surface area contributed by atoms with Crippen molar-refractivity contribution >= 4 is 11.6 Å². The number of nitrogens with zero attached hydrogens (tertiary/aromatic N) is 1. The highest BCUT2D eigenvalue weighted by molar-refractivity contribution is 6.30. The van der Waals surface area contributed by atoms with E-state index in [0.717, 1.165) is 50.0 Å². The lowest BCUT2D eigenvalue weighted by atomic mass is 10.0. The monoisotopic (exact) mass is 322 g/mol. The fraction of sp³-hybridized carbons (Fsp3) is 0.667. The van der Waals surface area contributed by atoms with E-state index in [9.17, 15) is 5.11 Å². The van der Waals surface area contributed by atoms with Crippen molar-refractivity contribution in [3.05, 3.63) is 34.9 Å². The van der Waals surface area contributed by atoms with Crippen molar-refractivity contribution in [2.45, 2.75) is 44.2 Å².